The van der Waals surface area contributed by atoms with E-state index in [1.807, 2.05) is 24.3 Å². The van der Waals surface area contributed by atoms with Crippen LogP contribution in [0, 0.1) is 5.82 Å². The highest BCUT2D eigenvalue weighted by Gasteiger charge is 2.12. The number of hydrogen-bond donors (Lipinski definition) is 2. The zero-order valence-electron chi connectivity index (χ0n) is 16.0. The van der Waals surface area contributed by atoms with E-state index in [-0.39, 0.29) is 17.6 Å². The van der Waals surface area contributed by atoms with Gasteiger partial charge >= 0.3 is 0 Å². The van der Waals surface area contributed by atoms with E-state index in [0.717, 1.165) is 16.8 Å². The van der Waals surface area contributed by atoms with Crippen LogP contribution in [0.5, 0.6) is 0 Å². The number of benzene rings is 2. The van der Waals surface area contributed by atoms with Gasteiger partial charge in [0.15, 0.2) is 0 Å². The molecule has 0 aliphatic heterocycles. The number of amides is 2. The van der Waals surface area contributed by atoms with Crippen LogP contribution in [0.15, 0.2) is 48.5 Å². The van der Waals surface area contributed by atoms with Crippen LogP contribution in [0.25, 0.3) is 0 Å². The predicted octanol–water partition coefficient (Wildman–Crippen LogP) is 2.62. The van der Waals surface area contributed by atoms with Gasteiger partial charge in [0.2, 0.25) is 11.8 Å². The molecule has 5 nitrogen and oxygen atoms in total. The maximum Gasteiger partial charge on any atom is 0.242 e. The van der Waals surface area contributed by atoms with Gasteiger partial charge in [-0.15, -0.1) is 0 Å². The molecule has 6 heteroatoms. The van der Waals surface area contributed by atoms with Gasteiger partial charge in [0.05, 0.1) is 6.42 Å². The first-order valence-corrected chi connectivity index (χ1v) is 8.93. The van der Waals surface area contributed by atoms with E-state index in [1.165, 1.54) is 12.1 Å². The minimum absolute atomic E-state index is 0.0459. The third-order valence-electron chi connectivity index (χ3n) is 4.21. The molecule has 0 aliphatic carbocycles. The fraction of sp³-hybridized carbons (Fsp3) is 0.333. The van der Waals surface area contributed by atoms with E-state index in [4.69, 9.17) is 0 Å². The summed E-state index contributed by atoms with van der Waals surface area (Å²) in [5, 5.41) is 6.01. The molecular formula is C21H26FN3O2. The Bertz CT molecular complexity index is 758. The Balaban J connectivity index is 1.78. The Morgan fingerprint density at radius 2 is 1.59 bits per heavy atom. The van der Waals surface area contributed by atoms with E-state index in [1.54, 1.807) is 38.1 Å². The number of rotatable bonds is 8. The summed E-state index contributed by atoms with van der Waals surface area (Å²) in [5.41, 5.74) is 2.72. The maximum atomic E-state index is 12.9. The average Bonchev–Trinajstić information content (AvgIpc) is 2.64. The van der Waals surface area contributed by atoms with Crippen molar-refractivity contribution in [3.05, 3.63) is 65.5 Å². The van der Waals surface area contributed by atoms with Crippen LogP contribution in [0.2, 0.25) is 0 Å². The highest BCUT2D eigenvalue weighted by Crippen LogP contribution is 2.12. The molecule has 1 unspecified atom stereocenters. The average molecular weight is 371 g/mol. The highest BCUT2D eigenvalue weighted by molar-refractivity contribution is 5.84. The second-order valence-corrected chi connectivity index (χ2v) is 6.70. The van der Waals surface area contributed by atoms with Gasteiger partial charge < -0.3 is 15.5 Å². The van der Waals surface area contributed by atoms with Gasteiger partial charge in [0.25, 0.3) is 0 Å². The molecule has 0 bridgehead atoms. The SMILES string of the molecule is CC(Nc1ccc(CC(=O)N(C)C)cc1)C(=O)NCCc1ccc(F)cc1. The summed E-state index contributed by atoms with van der Waals surface area (Å²) in [6, 6.07) is 13.3. The van der Waals surface area contributed by atoms with E-state index < -0.39 is 6.04 Å². The van der Waals surface area contributed by atoms with Gasteiger partial charge in [-0.1, -0.05) is 24.3 Å². The van der Waals surface area contributed by atoms with Crippen molar-refractivity contribution in [3.63, 3.8) is 0 Å². The lowest BCUT2D eigenvalue weighted by Gasteiger charge is -2.16. The fourth-order valence-corrected chi connectivity index (χ4v) is 2.50. The van der Waals surface area contributed by atoms with Crippen molar-refractivity contribution in [2.45, 2.75) is 25.8 Å². The molecule has 27 heavy (non-hydrogen) atoms. The largest absolute Gasteiger partial charge is 0.374 e. The van der Waals surface area contributed by atoms with Gasteiger partial charge in [0, 0.05) is 26.3 Å². The van der Waals surface area contributed by atoms with Crippen LogP contribution >= 0.6 is 0 Å². The zero-order chi connectivity index (χ0) is 19.8. The number of nitrogens with one attached hydrogen (secondary N) is 2. The van der Waals surface area contributed by atoms with Crippen molar-refractivity contribution in [3.8, 4) is 0 Å². The predicted molar refractivity (Wildman–Crippen MR) is 105 cm³/mol. The normalized spacial score (nSPS) is 11.6. The third kappa shape index (κ3) is 6.73. The maximum absolute atomic E-state index is 12.9. The Labute approximate surface area is 159 Å². The highest BCUT2D eigenvalue weighted by atomic mass is 19.1. The molecular weight excluding hydrogens is 345 g/mol. The van der Waals surface area contributed by atoms with Crippen LogP contribution in [0.4, 0.5) is 10.1 Å². The summed E-state index contributed by atoms with van der Waals surface area (Å²) in [7, 11) is 3.46. The van der Waals surface area contributed by atoms with Crippen molar-refractivity contribution < 1.29 is 14.0 Å². The number of halogens is 1. The summed E-state index contributed by atoms with van der Waals surface area (Å²) in [6.45, 7) is 2.28. The lowest BCUT2D eigenvalue weighted by atomic mass is 10.1. The van der Waals surface area contributed by atoms with Crippen LogP contribution in [-0.2, 0) is 22.4 Å². The Kier molecular flexibility index (Phi) is 7.34. The van der Waals surface area contributed by atoms with Crippen LogP contribution in [0.3, 0.4) is 0 Å². The van der Waals surface area contributed by atoms with Crippen molar-refractivity contribution in [2.75, 3.05) is 26.0 Å². The molecule has 0 aliphatic rings. The summed E-state index contributed by atoms with van der Waals surface area (Å²) in [5.74, 6) is -0.328. The lowest BCUT2D eigenvalue weighted by molar-refractivity contribution is -0.128. The number of likely N-dealkylation sites (N-methyl/N-ethyl adjacent to an activating group) is 1. The van der Waals surface area contributed by atoms with E-state index in [0.29, 0.717) is 19.4 Å². The van der Waals surface area contributed by atoms with Crippen molar-refractivity contribution in [2.24, 2.45) is 0 Å². The summed E-state index contributed by atoms with van der Waals surface area (Å²) in [4.78, 5) is 25.5. The van der Waals surface area contributed by atoms with E-state index >= 15 is 0 Å². The molecule has 0 spiro atoms. The van der Waals surface area contributed by atoms with Gasteiger partial charge in [-0.25, -0.2) is 4.39 Å². The topological polar surface area (TPSA) is 61.4 Å². The Morgan fingerprint density at radius 3 is 2.19 bits per heavy atom. The second-order valence-electron chi connectivity index (χ2n) is 6.70. The summed E-state index contributed by atoms with van der Waals surface area (Å²) >= 11 is 0. The standard InChI is InChI=1S/C21H26FN3O2/c1-15(21(27)23-13-12-16-4-8-18(22)9-5-16)24-19-10-6-17(7-11-19)14-20(26)25(2)3/h4-11,15,24H,12-14H2,1-3H3,(H,23,27). The molecule has 0 saturated heterocycles. The Morgan fingerprint density at radius 1 is 1.00 bits per heavy atom. The molecule has 2 amide bonds. The second kappa shape index (κ2) is 9.71. The quantitative estimate of drug-likeness (QED) is 0.750. The van der Waals surface area contributed by atoms with Crippen LogP contribution < -0.4 is 10.6 Å². The van der Waals surface area contributed by atoms with Gasteiger partial charge in [-0.05, 0) is 48.7 Å². The van der Waals surface area contributed by atoms with Gasteiger partial charge in [-0.3, -0.25) is 9.59 Å². The molecule has 144 valence electrons. The molecule has 2 aromatic rings. The zero-order valence-corrected chi connectivity index (χ0v) is 16.0. The number of hydrogen-bond acceptors (Lipinski definition) is 3. The number of carbonyl (C=O) groups excluding carboxylic acids is 2. The van der Waals surface area contributed by atoms with Crippen molar-refractivity contribution >= 4 is 17.5 Å². The molecule has 0 saturated carbocycles. The monoisotopic (exact) mass is 371 g/mol. The minimum atomic E-state index is -0.396. The molecule has 1 atom stereocenters. The van der Waals surface area contributed by atoms with Crippen LogP contribution in [-0.4, -0.2) is 43.4 Å². The van der Waals surface area contributed by atoms with Crippen molar-refractivity contribution in [1.29, 1.82) is 0 Å². The molecule has 0 heterocycles. The third-order valence-corrected chi connectivity index (χ3v) is 4.21. The van der Waals surface area contributed by atoms with Gasteiger partial charge in [-0.2, -0.15) is 0 Å². The first-order valence-electron chi connectivity index (χ1n) is 8.93. The first kappa shape index (κ1) is 20.4. The van der Waals surface area contributed by atoms with Crippen LogP contribution in [0.1, 0.15) is 18.1 Å². The van der Waals surface area contributed by atoms with E-state index in [9.17, 15) is 14.0 Å². The molecule has 0 radical (unpaired) electrons. The molecule has 2 rings (SSSR count). The lowest BCUT2D eigenvalue weighted by Crippen LogP contribution is -2.38. The Hall–Kier alpha value is -2.89. The number of anilines is 1. The summed E-state index contributed by atoms with van der Waals surface area (Å²) < 4.78 is 12.9. The molecule has 0 fully saturated rings. The van der Waals surface area contributed by atoms with E-state index in [2.05, 4.69) is 10.6 Å². The minimum Gasteiger partial charge on any atom is -0.374 e. The number of carbonyl (C=O) groups is 2. The number of nitrogens with zero attached hydrogens (tertiary/aromatic N) is 1. The van der Waals surface area contributed by atoms with Crippen molar-refractivity contribution in [1.82, 2.24) is 10.2 Å². The smallest absolute Gasteiger partial charge is 0.242 e. The fourth-order valence-electron chi connectivity index (χ4n) is 2.50. The molecule has 0 aromatic heterocycles. The molecule has 2 aromatic carbocycles. The molecule has 2 N–H and O–H groups in total. The van der Waals surface area contributed by atoms with Gasteiger partial charge in [0.1, 0.15) is 11.9 Å². The summed E-state index contributed by atoms with van der Waals surface area (Å²) in [6.07, 6.45) is 1.00. The first-order chi connectivity index (χ1) is 12.8.